The van der Waals surface area contributed by atoms with Crippen LogP contribution in [0.4, 0.5) is 4.39 Å². The summed E-state index contributed by atoms with van der Waals surface area (Å²) >= 11 is 0. The Morgan fingerprint density at radius 1 is 1.12 bits per heavy atom. The van der Waals surface area contributed by atoms with Crippen LogP contribution in [0.2, 0.25) is 0 Å². The summed E-state index contributed by atoms with van der Waals surface area (Å²) in [5, 5.41) is 9.56. The molecule has 4 atom stereocenters. The Morgan fingerprint density at radius 3 is 2.31 bits per heavy atom. The number of carbonyl (C=O) groups excluding carboxylic acids is 1. The lowest BCUT2D eigenvalue weighted by molar-refractivity contribution is -0.145. The number of hydrogen-bond donors (Lipinski definition) is 1. The fraction of sp³-hybridized carbons (Fsp3) is 0.579. The molecule has 0 spiro atoms. The topological polar surface area (TPSA) is 70.1 Å². The number of rotatable bonds is 4. The molecule has 1 aromatic rings. The molecule has 2 saturated heterocycles. The molecule has 3 rings (SSSR count). The summed E-state index contributed by atoms with van der Waals surface area (Å²) < 4.78 is 18.8. The van der Waals surface area contributed by atoms with E-state index in [4.69, 9.17) is 4.74 Å². The number of halogens is 1. The van der Waals surface area contributed by atoms with Crippen molar-refractivity contribution in [1.29, 1.82) is 0 Å². The van der Waals surface area contributed by atoms with Crippen LogP contribution in [-0.2, 0) is 14.3 Å². The van der Waals surface area contributed by atoms with Gasteiger partial charge in [-0.15, -0.1) is 0 Å². The minimum atomic E-state index is -0.886. The van der Waals surface area contributed by atoms with E-state index in [-0.39, 0.29) is 36.4 Å². The fourth-order valence-corrected chi connectivity index (χ4v) is 3.99. The fourth-order valence-electron chi connectivity index (χ4n) is 3.99. The lowest BCUT2D eigenvalue weighted by atomic mass is 9.89. The molecule has 2 fully saturated rings. The molecule has 1 N–H and O–H groups in total. The average Bonchev–Trinajstić information content (AvgIpc) is 2.98. The molecule has 2 aliphatic heterocycles. The van der Waals surface area contributed by atoms with Gasteiger partial charge in [0.05, 0.1) is 24.7 Å². The highest BCUT2D eigenvalue weighted by Crippen LogP contribution is 2.33. The zero-order valence-electron chi connectivity index (χ0n) is 15.1. The number of hydrogen-bond acceptors (Lipinski definition) is 4. The summed E-state index contributed by atoms with van der Waals surface area (Å²) in [6.07, 6.45) is 0.0000181. The molecule has 1 aromatic carbocycles. The summed E-state index contributed by atoms with van der Waals surface area (Å²) in [6.45, 7) is 5.98. The largest absolute Gasteiger partial charge is 0.481 e. The second kappa shape index (κ2) is 7.72. The monoisotopic (exact) mass is 364 g/mol. The minimum Gasteiger partial charge on any atom is -0.481 e. The van der Waals surface area contributed by atoms with Crippen molar-refractivity contribution >= 4 is 11.9 Å². The van der Waals surface area contributed by atoms with Crippen LogP contribution in [0.15, 0.2) is 24.3 Å². The maximum Gasteiger partial charge on any atom is 0.308 e. The van der Waals surface area contributed by atoms with Crippen LogP contribution in [0, 0.1) is 11.7 Å². The van der Waals surface area contributed by atoms with Crippen LogP contribution in [0.1, 0.15) is 25.3 Å². The van der Waals surface area contributed by atoms with Gasteiger partial charge in [0.15, 0.2) is 0 Å². The quantitative estimate of drug-likeness (QED) is 0.878. The molecule has 0 bridgehead atoms. The number of nitrogens with zero attached hydrogens (tertiary/aromatic N) is 2. The SMILES string of the molecule is C[C@@H]1CN(C(=O)CN2C[C@@H](C(=O)O)[C@H](c3ccc(F)cc3)C2)C[C@H](C)O1. The third kappa shape index (κ3) is 4.22. The summed E-state index contributed by atoms with van der Waals surface area (Å²) in [5.74, 6) is -2.08. The Kier molecular flexibility index (Phi) is 5.58. The normalized spacial score (nSPS) is 29.7. The van der Waals surface area contributed by atoms with Gasteiger partial charge < -0.3 is 14.7 Å². The van der Waals surface area contributed by atoms with Crippen molar-refractivity contribution in [1.82, 2.24) is 9.80 Å². The van der Waals surface area contributed by atoms with E-state index in [0.29, 0.717) is 26.2 Å². The zero-order valence-corrected chi connectivity index (χ0v) is 15.1. The predicted octanol–water partition coefficient (Wildman–Crippen LogP) is 1.56. The first kappa shape index (κ1) is 18.8. The van der Waals surface area contributed by atoms with Crippen molar-refractivity contribution in [2.75, 3.05) is 32.7 Å². The number of aliphatic carboxylic acids is 1. The highest BCUT2D eigenvalue weighted by molar-refractivity contribution is 5.79. The second-order valence-electron chi connectivity index (χ2n) is 7.35. The van der Waals surface area contributed by atoms with Crippen molar-refractivity contribution in [2.45, 2.75) is 32.0 Å². The molecule has 2 heterocycles. The van der Waals surface area contributed by atoms with E-state index in [1.54, 1.807) is 17.0 Å². The Labute approximate surface area is 152 Å². The van der Waals surface area contributed by atoms with Gasteiger partial charge in [-0.2, -0.15) is 0 Å². The van der Waals surface area contributed by atoms with Crippen molar-refractivity contribution in [3.05, 3.63) is 35.6 Å². The van der Waals surface area contributed by atoms with E-state index in [9.17, 15) is 19.1 Å². The lowest BCUT2D eigenvalue weighted by Crippen LogP contribution is -2.50. The smallest absolute Gasteiger partial charge is 0.308 e. The van der Waals surface area contributed by atoms with Crippen LogP contribution in [0.3, 0.4) is 0 Å². The Bertz CT molecular complexity index is 656. The van der Waals surface area contributed by atoms with Gasteiger partial charge in [0.2, 0.25) is 5.91 Å². The van der Waals surface area contributed by atoms with Gasteiger partial charge in [0.25, 0.3) is 0 Å². The van der Waals surface area contributed by atoms with Gasteiger partial charge in [-0.3, -0.25) is 14.5 Å². The molecule has 2 aliphatic rings. The molecule has 6 nitrogen and oxygen atoms in total. The number of carboxylic acids is 1. The Hall–Kier alpha value is -1.99. The minimum absolute atomic E-state index is 0.00000907. The van der Waals surface area contributed by atoms with Crippen molar-refractivity contribution in [3.8, 4) is 0 Å². The number of carboxylic acid groups (broad SMARTS) is 1. The maximum absolute atomic E-state index is 13.2. The van der Waals surface area contributed by atoms with Crippen molar-refractivity contribution < 1.29 is 23.8 Å². The Balaban J connectivity index is 1.66. The molecule has 0 unspecified atom stereocenters. The number of amides is 1. The Morgan fingerprint density at radius 2 is 1.73 bits per heavy atom. The van der Waals surface area contributed by atoms with Crippen LogP contribution in [0.25, 0.3) is 0 Å². The summed E-state index contributed by atoms with van der Waals surface area (Å²) in [5.41, 5.74) is 0.794. The zero-order chi connectivity index (χ0) is 18.8. The lowest BCUT2D eigenvalue weighted by Gasteiger charge is -2.36. The van der Waals surface area contributed by atoms with Gasteiger partial charge in [0, 0.05) is 32.1 Å². The van der Waals surface area contributed by atoms with Crippen molar-refractivity contribution in [2.24, 2.45) is 5.92 Å². The number of benzene rings is 1. The molecular weight excluding hydrogens is 339 g/mol. The first-order valence-electron chi connectivity index (χ1n) is 8.97. The molecule has 26 heavy (non-hydrogen) atoms. The van der Waals surface area contributed by atoms with Crippen LogP contribution < -0.4 is 0 Å². The number of morpholine rings is 1. The van der Waals surface area contributed by atoms with Crippen LogP contribution in [-0.4, -0.2) is 71.7 Å². The molecular formula is C19H25FN2O4. The van der Waals surface area contributed by atoms with E-state index in [1.165, 1.54) is 12.1 Å². The summed E-state index contributed by atoms with van der Waals surface area (Å²) in [7, 11) is 0. The van der Waals surface area contributed by atoms with Gasteiger partial charge in [-0.25, -0.2) is 4.39 Å². The maximum atomic E-state index is 13.2. The second-order valence-corrected chi connectivity index (χ2v) is 7.35. The van der Waals surface area contributed by atoms with Gasteiger partial charge in [-0.1, -0.05) is 12.1 Å². The third-order valence-corrected chi connectivity index (χ3v) is 5.14. The molecule has 0 aliphatic carbocycles. The van der Waals surface area contributed by atoms with E-state index in [2.05, 4.69) is 0 Å². The summed E-state index contributed by atoms with van der Waals surface area (Å²) in [4.78, 5) is 28.0. The van der Waals surface area contributed by atoms with E-state index in [1.807, 2.05) is 18.7 Å². The molecule has 1 amide bonds. The number of likely N-dealkylation sites (tertiary alicyclic amines) is 1. The highest BCUT2D eigenvalue weighted by Gasteiger charge is 2.39. The van der Waals surface area contributed by atoms with Crippen LogP contribution in [0.5, 0.6) is 0 Å². The van der Waals surface area contributed by atoms with Crippen LogP contribution >= 0.6 is 0 Å². The molecule has 7 heteroatoms. The predicted molar refractivity (Wildman–Crippen MR) is 93.3 cm³/mol. The average molecular weight is 364 g/mol. The molecule has 142 valence electrons. The van der Waals surface area contributed by atoms with Crippen molar-refractivity contribution in [3.63, 3.8) is 0 Å². The van der Waals surface area contributed by atoms with E-state index < -0.39 is 11.9 Å². The molecule has 0 radical (unpaired) electrons. The first-order chi connectivity index (χ1) is 12.3. The number of carbonyl (C=O) groups is 2. The van der Waals surface area contributed by atoms with E-state index >= 15 is 0 Å². The first-order valence-corrected chi connectivity index (χ1v) is 8.97. The molecule has 0 saturated carbocycles. The van der Waals surface area contributed by atoms with Gasteiger partial charge in [0.1, 0.15) is 5.82 Å². The highest BCUT2D eigenvalue weighted by atomic mass is 19.1. The molecule has 0 aromatic heterocycles. The van der Waals surface area contributed by atoms with E-state index in [0.717, 1.165) is 5.56 Å². The standard InChI is InChI=1S/C19H25FN2O4/c1-12-7-22(8-13(2)26-12)18(23)11-21-9-16(17(10-21)19(24)25)14-3-5-15(20)6-4-14/h3-6,12-13,16-17H,7-11H2,1-2H3,(H,24,25)/t12-,13+,16-,17+/m0/s1. The summed E-state index contributed by atoms with van der Waals surface area (Å²) in [6, 6.07) is 5.95. The third-order valence-electron chi connectivity index (χ3n) is 5.14. The van der Waals surface area contributed by atoms with Gasteiger partial charge in [-0.05, 0) is 31.5 Å². The number of ether oxygens (including phenoxy) is 1. The van der Waals surface area contributed by atoms with Gasteiger partial charge >= 0.3 is 5.97 Å².